The molecule has 2 aliphatic heterocycles. The average molecular weight is 582 g/mol. The fraction of sp³-hybridized carbons (Fsp3) is 0.654. The van der Waals surface area contributed by atoms with Crippen molar-refractivity contribution in [1.82, 2.24) is 30.7 Å². The Morgan fingerprint density at radius 3 is 2.20 bits per heavy atom. The number of imide groups is 1. The molecule has 40 heavy (non-hydrogen) atoms. The number of benzene rings is 1. The van der Waals surface area contributed by atoms with Crippen molar-refractivity contribution in [1.29, 1.82) is 0 Å². The van der Waals surface area contributed by atoms with E-state index in [0.717, 1.165) is 38.3 Å². The Balaban J connectivity index is 1.38. The van der Waals surface area contributed by atoms with Crippen molar-refractivity contribution in [3.05, 3.63) is 29.8 Å². The van der Waals surface area contributed by atoms with E-state index in [1.54, 1.807) is 12.1 Å². The van der Waals surface area contributed by atoms with Gasteiger partial charge in [-0.1, -0.05) is 12.1 Å². The van der Waals surface area contributed by atoms with Crippen LogP contribution in [-0.4, -0.2) is 133 Å². The zero-order chi connectivity index (χ0) is 28.8. The molecule has 14 heteroatoms. The first-order chi connectivity index (χ1) is 19.2. The minimum absolute atomic E-state index is 0.0393. The Labute approximate surface area is 236 Å². The monoisotopic (exact) mass is 581 g/mol. The Kier molecular flexibility index (Phi) is 13.4. The first-order valence-corrected chi connectivity index (χ1v) is 15.4. The third-order valence-corrected chi connectivity index (χ3v) is 7.89. The Bertz CT molecular complexity index is 1060. The molecular formula is C26H43N7O6S. The number of likely N-dealkylation sites (tertiary alicyclic amines) is 1. The second kappa shape index (κ2) is 16.7. The number of nitrogens with zero attached hydrogens (tertiary/aromatic N) is 3. The van der Waals surface area contributed by atoms with Gasteiger partial charge in [-0.15, -0.1) is 0 Å². The fourth-order valence-corrected chi connectivity index (χ4v) is 5.14. The summed E-state index contributed by atoms with van der Waals surface area (Å²) in [5.41, 5.74) is 0.875. The van der Waals surface area contributed by atoms with Crippen LogP contribution in [0.3, 0.4) is 0 Å². The van der Waals surface area contributed by atoms with Crippen LogP contribution in [0.2, 0.25) is 0 Å². The number of amides is 3. The summed E-state index contributed by atoms with van der Waals surface area (Å²) in [6, 6.07) is 6.19. The molecule has 1 aromatic carbocycles. The molecule has 224 valence electrons. The van der Waals surface area contributed by atoms with E-state index >= 15 is 0 Å². The van der Waals surface area contributed by atoms with Crippen LogP contribution in [-0.2, 0) is 35.6 Å². The van der Waals surface area contributed by atoms with Gasteiger partial charge in [0.1, 0.15) is 6.54 Å². The van der Waals surface area contributed by atoms with Gasteiger partial charge < -0.3 is 25.2 Å². The van der Waals surface area contributed by atoms with Crippen LogP contribution >= 0.6 is 0 Å². The largest absolute Gasteiger partial charge is 0.379 e. The van der Waals surface area contributed by atoms with E-state index < -0.39 is 21.8 Å². The lowest BCUT2D eigenvalue weighted by Gasteiger charge is -2.30. The maximum Gasteiger partial charge on any atom is 0.246 e. The highest BCUT2D eigenvalue weighted by molar-refractivity contribution is 7.89. The molecule has 13 nitrogen and oxygen atoms in total. The van der Waals surface area contributed by atoms with E-state index in [0.29, 0.717) is 45.8 Å². The van der Waals surface area contributed by atoms with Crippen molar-refractivity contribution >= 4 is 27.7 Å². The molecule has 0 saturated carbocycles. The Morgan fingerprint density at radius 1 is 0.875 bits per heavy atom. The number of carbonyl (C=O) groups is 3. The number of carbonyl (C=O) groups excluding carboxylic acids is 3. The van der Waals surface area contributed by atoms with Crippen LogP contribution in [0.25, 0.3) is 0 Å². The summed E-state index contributed by atoms with van der Waals surface area (Å²) in [4.78, 5) is 44.0. The molecule has 0 unspecified atom stereocenters. The zero-order valence-electron chi connectivity index (χ0n) is 23.1. The number of sulfonamides is 1. The van der Waals surface area contributed by atoms with Gasteiger partial charge in [-0.3, -0.25) is 24.6 Å². The number of hydrogen-bond acceptors (Lipinski definition) is 10. The molecule has 0 aliphatic carbocycles. The summed E-state index contributed by atoms with van der Waals surface area (Å²) in [6.07, 6.45) is 2.99. The summed E-state index contributed by atoms with van der Waals surface area (Å²) in [5, 5.41) is 13.6. The molecule has 0 spiro atoms. The Morgan fingerprint density at radius 2 is 1.52 bits per heavy atom. The van der Waals surface area contributed by atoms with E-state index in [9.17, 15) is 22.8 Å². The van der Waals surface area contributed by atoms with Crippen molar-refractivity contribution < 1.29 is 27.5 Å². The fourth-order valence-electron chi connectivity index (χ4n) is 4.62. The van der Waals surface area contributed by atoms with Gasteiger partial charge in [0.25, 0.3) is 0 Å². The van der Waals surface area contributed by atoms with E-state index in [1.165, 1.54) is 29.9 Å². The number of morpholine rings is 1. The third kappa shape index (κ3) is 12.0. The molecule has 0 atom stereocenters. The van der Waals surface area contributed by atoms with E-state index in [4.69, 9.17) is 9.88 Å². The zero-order valence-corrected chi connectivity index (χ0v) is 23.9. The first-order valence-electron chi connectivity index (χ1n) is 13.9. The van der Waals surface area contributed by atoms with Crippen molar-refractivity contribution in [2.75, 3.05) is 91.8 Å². The predicted molar refractivity (Wildman–Crippen MR) is 150 cm³/mol. The second-order valence-corrected chi connectivity index (χ2v) is 11.6. The van der Waals surface area contributed by atoms with Gasteiger partial charge in [-0.25, -0.2) is 13.6 Å². The van der Waals surface area contributed by atoms with E-state index in [1.807, 2.05) is 0 Å². The van der Waals surface area contributed by atoms with E-state index in [2.05, 4.69) is 25.8 Å². The molecule has 2 fully saturated rings. The van der Waals surface area contributed by atoms with Crippen LogP contribution in [0, 0.1) is 0 Å². The Hall–Kier alpha value is -2.46. The SMILES string of the molecule is NS(=O)(=O)c1ccc(CCNCC(=O)NC(=O)CN(CCN2CCOCC2)C(=O)CNCCN2CCCC2)cc1. The van der Waals surface area contributed by atoms with Gasteiger partial charge in [0.15, 0.2) is 0 Å². The van der Waals surface area contributed by atoms with Gasteiger partial charge in [0.05, 0.1) is 31.2 Å². The predicted octanol–water partition coefficient (Wildman–Crippen LogP) is -2.04. The minimum atomic E-state index is -3.74. The summed E-state index contributed by atoms with van der Waals surface area (Å²) in [5.74, 6) is -1.19. The summed E-state index contributed by atoms with van der Waals surface area (Å²) >= 11 is 0. The van der Waals surface area contributed by atoms with Crippen LogP contribution in [0.5, 0.6) is 0 Å². The smallest absolute Gasteiger partial charge is 0.246 e. The highest BCUT2D eigenvalue weighted by atomic mass is 32.2. The van der Waals surface area contributed by atoms with Gasteiger partial charge in [-0.05, 0) is 56.6 Å². The second-order valence-electron chi connectivity index (χ2n) is 10.1. The van der Waals surface area contributed by atoms with Crippen LogP contribution in [0.1, 0.15) is 18.4 Å². The quantitative estimate of drug-likeness (QED) is 0.160. The van der Waals surface area contributed by atoms with Gasteiger partial charge in [0, 0.05) is 39.3 Å². The molecule has 3 amide bonds. The molecule has 2 saturated heterocycles. The van der Waals surface area contributed by atoms with Crippen molar-refractivity contribution in [3.8, 4) is 0 Å². The number of primary sulfonamides is 1. The molecule has 0 bridgehead atoms. The maximum absolute atomic E-state index is 12.9. The maximum atomic E-state index is 12.9. The molecular weight excluding hydrogens is 538 g/mol. The number of hydrogen-bond donors (Lipinski definition) is 4. The molecule has 1 aromatic rings. The van der Waals surface area contributed by atoms with Crippen LogP contribution in [0.15, 0.2) is 29.2 Å². The lowest BCUT2D eigenvalue weighted by molar-refractivity contribution is -0.138. The van der Waals surface area contributed by atoms with Crippen molar-refractivity contribution in [3.63, 3.8) is 0 Å². The van der Waals surface area contributed by atoms with Crippen molar-refractivity contribution in [2.45, 2.75) is 24.2 Å². The van der Waals surface area contributed by atoms with Gasteiger partial charge >= 0.3 is 0 Å². The lowest BCUT2D eigenvalue weighted by Crippen LogP contribution is -2.50. The number of ether oxygens (including phenoxy) is 1. The minimum Gasteiger partial charge on any atom is -0.379 e. The molecule has 2 heterocycles. The van der Waals surface area contributed by atoms with Crippen LogP contribution < -0.4 is 21.1 Å². The third-order valence-electron chi connectivity index (χ3n) is 6.96. The molecule has 5 N–H and O–H groups in total. The normalized spacial score (nSPS) is 16.6. The number of rotatable bonds is 16. The van der Waals surface area contributed by atoms with Crippen LogP contribution in [0.4, 0.5) is 0 Å². The van der Waals surface area contributed by atoms with Gasteiger partial charge in [0.2, 0.25) is 27.7 Å². The summed E-state index contributed by atoms with van der Waals surface area (Å²) in [7, 11) is -3.74. The summed E-state index contributed by atoms with van der Waals surface area (Å²) < 4.78 is 28.1. The first kappa shape index (κ1) is 32.1. The van der Waals surface area contributed by atoms with E-state index in [-0.39, 0.29) is 30.4 Å². The van der Waals surface area contributed by atoms with Crippen molar-refractivity contribution in [2.24, 2.45) is 5.14 Å². The number of nitrogens with one attached hydrogen (secondary N) is 3. The highest BCUT2D eigenvalue weighted by Gasteiger charge is 2.20. The molecule has 2 aliphatic rings. The number of nitrogens with two attached hydrogens (primary N) is 1. The lowest BCUT2D eigenvalue weighted by atomic mass is 10.1. The summed E-state index contributed by atoms with van der Waals surface area (Å²) in [6.45, 7) is 7.98. The average Bonchev–Trinajstić information content (AvgIpc) is 3.45. The van der Waals surface area contributed by atoms with Gasteiger partial charge in [-0.2, -0.15) is 0 Å². The molecule has 3 rings (SSSR count). The topological polar surface area (TPSA) is 166 Å². The molecule has 0 radical (unpaired) electrons. The standard InChI is InChI=1S/C26H43N7O6S/c27-40(37,38)23-5-3-22(4-6-23)7-8-28-19-24(34)30-25(35)21-33(14-13-32-15-17-39-18-16-32)26(36)20-29-9-12-31-10-1-2-11-31/h3-6,28-29H,1-2,7-21H2,(H2,27,37,38)(H,30,34,35). The highest BCUT2D eigenvalue weighted by Crippen LogP contribution is 2.09. The molecule has 0 aromatic heterocycles.